The lowest BCUT2D eigenvalue weighted by atomic mass is 10.1. The van der Waals surface area contributed by atoms with Gasteiger partial charge in [0.25, 0.3) is 11.5 Å². The number of pyridine rings is 1. The van der Waals surface area contributed by atoms with Gasteiger partial charge in [0.15, 0.2) is 0 Å². The fourth-order valence-electron chi connectivity index (χ4n) is 4.94. The molecule has 0 bridgehead atoms. The molecule has 1 N–H and O–H groups in total. The molecule has 154 valence electrons. The summed E-state index contributed by atoms with van der Waals surface area (Å²) >= 11 is 0. The van der Waals surface area contributed by atoms with E-state index in [-0.39, 0.29) is 29.1 Å². The minimum Gasteiger partial charge on any atom is -0.329 e. The Morgan fingerprint density at radius 2 is 1.83 bits per heavy atom. The van der Waals surface area contributed by atoms with E-state index in [1.54, 1.807) is 11.0 Å². The summed E-state index contributed by atoms with van der Waals surface area (Å²) in [6.45, 7) is 0.587. The van der Waals surface area contributed by atoms with Crippen LogP contribution >= 0.6 is 0 Å². The monoisotopic (exact) mass is 404 g/mol. The maximum absolute atomic E-state index is 13.5. The number of fused-ring (bicyclic) bond motifs is 1. The summed E-state index contributed by atoms with van der Waals surface area (Å²) in [4.78, 5) is 47.6. The summed E-state index contributed by atoms with van der Waals surface area (Å²) in [6, 6.07) is 10.2. The molecule has 1 unspecified atom stereocenters. The van der Waals surface area contributed by atoms with E-state index in [0.29, 0.717) is 28.8 Å². The van der Waals surface area contributed by atoms with Gasteiger partial charge in [-0.3, -0.25) is 19.0 Å². The minimum absolute atomic E-state index is 0.0158. The molecular weight excluding hydrogens is 380 g/mol. The number of aromatic amines is 1. The molecule has 1 aliphatic carbocycles. The lowest BCUT2D eigenvalue weighted by Crippen LogP contribution is -2.37. The van der Waals surface area contributed by atoms with Crippen molar-refractivity contribution in [1.29, 1.82) is 0 Å². The van der Waals surface area contributed by atoms with Gasteiger partial charge >= 0.3 is 0 Å². The number of H-pyrrole nitrogens is 1. The summed E-state index contributed by atoms with van der Waals surface area (Å²) in [6.07, 6.45) is 7.21. The van der Waals surface area contributed by atoms with Crippen molar-refractivity contribution in [3.8, 4) is 0 Å². The lowest BCUT2D eigenvalue weighted by molar-refractivity contribution is 0.0725. The zero-order chi connectivity index (χ0) is 20.7. The van der Waals surface area contributed by atoms with Gasteiger partial charge < -0.3 is 9.88 Å². The van der Waals surface area contributed by atoms with Crippen LogP contribution in [0.15, 0.2) is 52.2 Å². The van der Waals surface area contributed by atoms with E-state index in [1.807, 2.05) is 28.8 Å². The van der Waals surface area contributed by atoms with Crippen LogP contribution in [0.4, 0.5) is 0 Å². The Hall–Kier alpha value is -3.22. The molecule has 1 aliphatic heterocycles. The van der Waals surface area contributed by atoms with Crippen LogP contribution in [0.1, 0.15) is 66.8 Å². The van der Waals surface area contributed by atoms with Crippen molar-refractivity contribution in [2.24, 2.45) is 0 Å². The molecule has 1 saturated heterocycles. The molecule has 7 nitrogen and oxygen atoms in total. The Morgan fingerprint density at radius 3 is 2.63 bits per heavy atom. The first kappa shape index (κ1) is 18.8. The van der Waals surface area contributed by atoms with Crippen molar-refractivity contribution in [1.82, 2.24) is 19.4 Å². The van der Waals surface area contributed by atoms with Gasteiger partial charge in [0, 0.05) is 30.4 Å². The van der Waals surface area contributed by atoms with Gasteiger partial charge in [0.05, 0.1) is 16.9 Å². The molecule has 1 aromatic carbocycles. The second-order valence-electron chi connectivity index (χ2n) is 8.20. The number of hydrogen-bond donors (Lipinski definition) is 1. The largest absolute Gasteiger partial charge is 0.329 e. The fourth-order valence-corrected chi connectivity index (χ4v) is 4.94. The first-order valence-corrected chi connectivity index (χ1v) is 10.6. The molecule has 2 fully saturated rings. The van der Waals surface area contributed by atoms with E-state index in [2.05, 4.69) is 4.98 Å². The van der Waals surface area contributed by atoms with Crippen molar-refractivity contribution in [3.63, 3.8) is 0 Å². The van der Waals surface area contributed by atoms with Gasteiger partial charge in [0.1, 0.15) is 5.82 Å². The number of rotatable bonds is 3. The van der Waals surface area contributed by atoms with Gasteiger partial charge in [-0.2, -0.15) is 0 Å². The molecule has 5 rings (SSSR count). The topological polar surface area (TPSA) is 88.1 Å². The number of carbonyl (C=O) groups excluding carboxylic acids is 1. The summed E-state index contributed by atoms with van der Waals surface area (Å²) in [5.41, 5.74) is 0.713. The van der Waals surface area contributed by atoms with Gasteiger partial charge in [-0.25, -0.2) is 4.98 Å². The molecule has 1 atom stereocenters. The zero-order valence-corrected chi connectivity index (χ0v) is 16.7. The number of nitrogens with zero attached hydrogens (tertiary/aromatic N) is 3. The highest BCUT2D eigenvalue weighted by Gasteiger charge is 2.36. The van der Waals surface area contributed by atoms with E-state index >= 15 is 0 Å². The van der Waals surface area contributed by atoms with Crippen LogP contribution in [0.5, 0.6) is 0 Å². The van der Waals surface area contributed by atoms with Crippen molar-refractivity contribution in [2.75, 3.05) is 6.54 Å². The molecule has 7 heteroatoms. The Balaban J connectivity index is 1.64. The maximum Gasteiger partial charge on any atom is 0.261 e. The number of aromatic nitrogens is 3. The van der Waals surface area contributed by atoms with Crippen LogP contribution in [-0.2, 0) is 0 Å². The van der Waals surface area contributed by atoms with Crippen LogP contribution < -0.4 is 11.1 Å². The summed E-state index contributed by atoms with van der Waals surface area (Å²) in [5.74, 6) is 0.491. The number of hydrogen-bond acceptors (Lipinski definition) is 4. The Kier molecular flexibility index (Phi) is 4.73. The average Bonchev–Trinajstić information content (AvgIpc) is 3.45. The molecule has 1 saturated carbocycles. The van der Waals surface area contributed by atoms with Gasteiger partial charge in [-0.15, -0.1) is 0 Å². The van der Waals surface area contributed by atoms with Crippen molar-refractivity contribution >= 4 is 16.8 Å². The number of carbonyl (C=O) groups is 1. The SMILES string of the molecule is O=C(c1cc[nH]c(=O)c1)N1CCCC1c1nc2ccccc2c(=O)n1C1CCCC1. The normalized spacial score (nSPS) is 19.6. The zero-order valence-electron chi connectivity index (χ0n) is 16.7. The number of nitrogens with one attached hydrogen (secondary N) is 1. The third-order valence-electron chi connectivity index (χ3n) is 6.36. The molecule has 3 heterocycles. The molecule has 1 amide bonds. The first-order valence-electron chi connectivity index (χ1n) is 10.6. The van der Waals surface area contributed by atoms with E-state index in [9.17, 15) is 14.4 Å². The molecule has 2 aromatic heterocycles. The van der Waals surface area contributed by atoms with Gasteiger partial charge in [-0.1, -0.05) is 25.0 Å². The summed E-state index contributed by atoms with van der Waals surface area (Å²) < 4.78 is 1.86. The van der Waals surface area contributed by atoms with Crippen LogP contribution in [-0.4, -0.2) is 31.9 Å². The standard InChI is InChI=1S/C23H24N4O3/c28-20-14-15(11-12-24-20)22(29)26-13-5-10-19(26)21-25-18-9-4-3-8-17(18)23(30)27(21)16-6-1-2-7-16/h3-4,8-9,11-12,14,16,19H,1-2,5-7,10,13H2,(H,24,28). The van der Waals surface area contributed by atoms with Gasteiger partial charge in [-0.05, 0) is 43.9 Å². The predicted molar refractivity (Wildman–Crippen MR) is 114 cm³/mol. The van der Waals surface area contributed by atoms with Crippen LogP contribution in [0.2, 0.25) is 0 Å². The highest BCUT2D eigenvalue weighted by molar-refractivity contribution is 5.94. The van der Waals surface area contributed by atoms with Crippen molar-refractivity contribution < 1.29 is 4.79 Å². The number of amides is 1. The van der Waals surface area contributed by atoms with Crippen LogP contribution in [0.25, 0.3) is 10.9 Å². The number of likely N-dealkylation sites (tertiary alicyclic amines) is 1. The van der Waals surface area contributed by atoms with Gasteiger partial charge in [0.2, 0.25) is 5.56 Å². The number of para-hydroxylation sites is 1. The van der Waals surface area contributed by atoms with Crippen LogP contribution in [0.3, 0.4) is 0 Å². The molecule has 3 aromatic rings. The highest BCUT2D eigenvalue weighted by atomic mass is 16.2. The van der Waals surface area contributed by atoms with E-state index in [4.69, 9.17) is 4.98 Å². The molecular formula is C23H24N4O3. The minimum atomic E-state index is -0.303. The predicted octanol–water partition coefficient (Wildman–Crippen LogP) is 3.18. The fraction of sp³-hybridized carbons (Fsp3) is 0.391. The van der Waals surface area contributed by atoms with Crippen molar-refractivity contribution in [2.45, 2.75) is 50.6 Å². The molecule has 0 spiro atoms. The Labute approximate surface area is 173 Å². The quantitative estimate of drug-likeness (QED) is 0.726. The highest BCUT2D eigenvalue weighted by Crippen LogP contribution is 2.36. The third-order valence-corrected chi connectivity index (χ3v) is 6.36. The maximum atomic E-state index is 13.5. The van der Waals surface area contributed by atoms with Crippen molar-refractivity contribution in [3.05, 3.63) is 74.7 Å². The van der Waals surface area contributed by atoms with E-state index < -0.39 is 0 Å². The Bertz CT molecular complexity index is 1220. The molecule has 30 heavy (non-hydrogen) atoms. The molecule has 0 radical (unpaired) electrons. The smallest absolute Gasteiger partial charge is 0.261 e. The second-order valence-corrected chi connectivity index (χ2v) is 8.20. The second kappa shape index (κ2) is 7.55. The van der Waals surface area contributed by atoms with E-state index in [1.165, 1.54) is 12.3 Å². The van der Waals surface area contributed by atoms with Crippen LogP contribution in [0, 0.1) is 0 Å². The summed E-state index contributed by atoms with van der Waals surface area (Å²) in [5, 5.41) is 0.624. The number of benzene rings is 1. The lowest BCUT2D eigenvalue weighted by Gasteiger charge is -2.28. The average molecular weight is 404 g/mol. The molecule has 2 aliphatic rings. The third kappa shape index (κ3) is 3.14. The first-order chi connectivity index (χ1) is 14.6. The Morgan fingerprint density at radius 1 is 1.03 bits per heavy atom. The van der Waals surface area contributed by atoms with E-state index in [0.717, 1.165) is 38.5 Å². The summed E-state index contributed by atoms with van der Waals surface area (Å²) in [7, 11) is 0.